The first-order valence-electron chi connectivity index (χ1n) is 6.37. The Hall–Kier alpha value is -2.56. The first kappa shape index (κ1) is 13.9. The number of carbonyl (C=O) groups excluding carboxylic acids is 1. The quantitative estimate of drug-likeness (QED) is 0.647. The van der Waals surface area contributed by atoms with Crippen LogP contribution in [0.4, 0.5) is 5.82 Å². The SMILES string of the molecule is C=CCn1nc(-c2ccccc2OCC)c(C=O)c1N. The van der Waals surface area contributed by atoms with E-state index in [0.717, 1.165) is 11.8 Å². The molecule has 5 heteroatoms. The third-order valence-electron chi connectivity index (χ3n) is 2.89. The zero-order valence-electron chi connectivity index (χ0n) is 11.4. The van der Waals surface area contributed by atoms with E-state index < -0.39 is 0 Å². The number of anilines is 1. The molecular formula is C15H17N3O2. The number of para-hydroxylation sites is 1. The number of carbonyl (C=O) groups is 1. The molecule has 0 aliphatic heterocycles. The van der Waals surface area contributed by atoms with Gasteiger partial charge in [-0.25, -0.2) is 4.68 Å². The van der Waals surface area contributed by atoms with Crippen molar-refractivity contribution >= 4 is 12.1 Å². The van der Waals surface area contributed by atoms with Gasteiger partial charge in [0.05, 0.1) is 18.7 Å². The van der Waals surface area contributed by atoms with E-state index in [-0.39, 0.29) is 0 Å². The second-order valence-corrected chi connectivity index (χ2v) is 4.17. The summed E-state index contributed by atoms with van der Waals surface area (Å²) in [7, 11) is 0. The summed E-state index contributed by atoms with van der Waals surface area (Å²) in [6.07, 6.45) is 2.40. The molecule has 0 amide bonds. The summed E-state index contributed by atoms with van der Waals surface area (Å²) in [6, 6.07) is 7.45. The molecule has 104 valence electrons. The minimum Gasteiger partial charge on any atom is -0.493 e. The molecule has 2 aromatic rings. The maximum atomic E-state index is 11.3. The summed E-state index contributed by atoms with van der Waals surface area (Å²) < 4.78 is 7.12. The third-order valence-corrected chi connectivity index (χ3v) is 2.89. The standard InChI is InChI=1S/C15H17N3O2/c1-3-9-18-15(16)12(10-19)14(17-18)11-7-5-6-8-13(11)20-4-2/h3,5-8,10H,1,4,9,16H2,2H3. The predicted molar refractivity (Wildman–Crippen MR) is 78.8 cm³/mol. The van der Waals surface area contributed by atoms with Crippen LogP contribution in [0.15, 0.2) is 36.9 Å². The monoisotopic (exact) mass is 271 g/mol. The van der Waals surface area contributed by atoms with Gasteiger partial charge < -0.3 is 10.5 Å². The molecule has 0 unspecified atom stereocenters. The summed E-state index contributed by atoms with van der Waals surface area (Å²) in [6.45, 7) is 6.54. The van der Waals surface area contributed by atoms with Crippen molar-refractivity contribution < 1.29 is 9.53 Å². The number of nitrogens with zero attached hydrogens (tertiary/aromatic N) is 2. The Kier molecular flexibility index (Phi) is 4.20. The number of benzene rings is 1. The Bertz CT molecular complexity index is 632. The Morgan fingerprint density at radius 3 is 2.85 bits per heavy atom. The number of allylic oxidation sites excluding steroid dienone is 1. The number of hydrogen-bond donors (Lipinski definition) is 1. The lowest BCUT2D eigenvalue weighted by atomic mass is 10.1. The number of aldehydes is 1. The van der Waals surface area contributed by atoms with Crippen molar-refractivity contribution in [3.8, 4) is 17.0 Å². The molecule has 0 saturated heterocycles. The first-order valence-corrected chi connectivity index (χ1v) is 6.37. The molecule has 0 bridgehead atoms. The number of hydrogen-bond acceptors (Lipinski definition) is 4. The molecular weight excluding hydrogens is 254 g/mol. The molecule has 0 radical (unpaired) electrons. The van der Waals surface area contributed by atoms with Crippen molar-refractivity contribution in [2.45, 2.75) is 13.5 Å². The van der Waals surface area contributed by atoms with E-state index in [1.165, 1.54) is 0 Å². The van der Waals surface area contributed by atoms with Crippen LogP contribution in [0.2, 0.25) is 0 Å². The van der Waals surface area contributed by atoms with Gasteiger partial charge in [-0.2, -0.15) is 5.10 Å². The van der Waals surface area contributed by atoms with Crippen LogP contribution in [0.25, 0.3) is 11.3 Å². The summed E-state index contributed by atoms with van der Waals surface area (Å²) >= 11 is 0. The lowest BCUT2D eigenvalue weighted by Crippen LogP contribution is -2.03. The second kappa shape index (κ2) is 6.06. The van der Waals surface area contributed by atoms with E-state index in [1.807, 2.05) is 31.2 Å². The van der Waals surface area contributed by atoms with E-state index >= 15 is 0 Å². The van der Waals surface area contributed by atoms with Crippen LogP contribution in [0.3, 0.4) is 0 Å². The molecule has 20 heavy (non-hydrogen) atoms. The zero-order chi connectivity index (χ0) is 14.5. The molecule has 0 saturated carbocycles. The highest BCUT2D eigenvalue weighted by atomic mass is 16.5. The molecule has 0 spiro atoms. The van der Waals surface area contributed by atoms with Gasteiger partial charge in [-0.05, 0) is 19.1 Å². The molecule has 2 rings (SSSR count). The van der Waals surface area contributed by atoms with Crippen LogP contribution in [-0.4, -0.2) is 22.7 Å². The Morgan fingerprint density at radius 1 is 1.45 bits per heavy atom. The van der Waals surface area contributed by atoms with Crippen molar-refractivity contribution in [1.82, 2.24) is 9.78 Å². The van der Waals surface area contributed by atoms with Crippen LogP contribution >= 0.6 is 0 Å². The third kappa shape index (κ3) is 2.42. The van der Waals surface area contributed by atoms with Crippen LogP contribution < -0.4 is 10.5 Å². The van der Waals surface area contributed by atoms with Crippen molar-refractivity contribution in [2.24, 2.45) is 0 Å². The van der Waals surface area contributed by atoms with Crippen molar-refractivity contribution in [3.05, 3.63) is 42.5 Å². The number of rotatable bonds is 6. The zero-order valence-corrected chi connectivity index (χ0v) is 11.4. The highest BCUT2D eigenvalue weighted by Gasteiger charge is 2.18. The average Bonchev–Trinajstić information content (AvgIpc) is 2.77. The Morgan fingerprint density at radius 2 is 2.20 bits per heavy atom. The van der Waals surface area contributed by atoms with Crippen LogP contribution in [0, 0.1) is 0 Å². The lowest BCUT2D eigenvalue weighted by Gasteiger charge is -2.08. The van der Waals surface area contributed by atoms with E-state index in [0.29, 0.717) is 36.0 Å². The van der Waals surface area contributed by atoms with Gasteiger partial charge in [0.15, 0.2) is 6.29 Å². The molecule has 0 aliphatic carbocycles. The maximum Gasteiger partial charge on any atom is 0.156 e. The average molecular weight is 271 g/mol. The minimum absolute atomic E-state index is 0.334. The van der Waals surface area contributed by atoms with Gasteiger partial charge in [0.1, 0.15) is 17.3 Å². The fourth-order valence-corrected chi connectivity index (χ4v) is 2.01. The Labute approximate surface area is 117 Å². The van der Waals surface area contributed by atoms with Crippen LogP contribution in [0.1, 0.15) is 17.3 Å². The van der Waals surface area contributed by atoms with E-state index in [1.54, 1.807) is 10.8 Å². The lowest BCUT2D eigenvalue weighted by molar-refractivity contribution is 0.112. The normalized spacial score (nSPS) is 10.2. The van der Waals surface area contributed by atoms with Crippen molar-refractivity contribution in [1.29, 1.82) is 0 Å². The number of nitrogen functional groups attached to an aromatic ring is 1. The summed E-state index contributed by atoms with van der Waals surface area (Å²) in [4.78, 5) is 11.3. The molecule has 1 heterocycles. The number of ether oxygens (including phenoxy) is 1. The molecule has 0 aliphatic rings. The van der Waals surface area contributed by atoms with Crippen molar-refractivity contribution in [2.75, 3.05) is 12.3 Å². The van der Waals surface area contributed by atoms with Gasteiger partial charge >= 0.3 is 0 Å². The van der Waals surface area contributed by atoms with Crippen molar-refractivity contribution in [3.63, 3.8) is 0 Å². The topological polar surface area (TPSA) is 70.1 Å². The van der Waals surface area contributed by atoms with E-state index in [2.05, 4.69) is 11.7 Å². The van der Waals surface area contributed by atoms with Gasteiger partial charge in [0.2, 0.25) is 0 Å². The summed E-state index contributed by atoms with van der Waals surface area (Å²) in [5.41, 5.74) is 7.60. The maximum absolute atomic E-state index is 11.3. The highest BCUT2D eigenvalue weighted by Crippen LogP contribution is 2.33. The first-order chi connectivity index (χ1) is 9.72. The summed E-state index contributed by atoms with van der Waals surface area (Å²) in [5.74, 6) is 1.02. The molecule has 5 nitrogen and oxygen atoms in total. The minimum atomic E-state index is 0.334. The largest absolute Gasteiger partial charge is 0.493 e. The molecule has 0 atom stereocenters. The fraction of sp³-hybridized carbons (Fsp3) is 0.200. The smallest absolute Gasteiger partial charge is 0.156 e. The van der Waals surface area contributed by atoms with E-state index in [9.17, 15) is 4.79 Å². The van der Waals surface area contributed by atoms with Gasteiger partial charge in [0.25, 0.3) is 0 Å². The number of aromatic nitrogens is 2. The molecule has 2 N–H and O–H groups in total. The molecule has 1 aromatic heterocycles. The van der Waals surface area contributed by atoms with Crippen LogP contribution in [-0.2, 0) is 6.54 Å². The van der Waals surface area contributed by atoms with Gasteiger partial charge in [0, 0.05) is 5.56 Å². The van der Waals surface area contributed by atoms with E-state index in [4.69, 9.17) is 10.5 Å². The van der Waals surface area contributed by atoms with Gasteiger partial charge in [-0.15, -0.1) is 6.58 Å². The predicted octanol–water partition coefficient (Wildman–Crippen LogP) is 2.53. The van der Waals surface area contributed by atoms with Crippen LogP contribution in [0.5, 0.6) is 5.75 Å². The van der Waals surface area contributed by atoms with Gasteiger partial charge in [-0.3, -0.25) is 4.79 Å². The van der Waals surface area contributed by atoms with Gasteiger partial charge in [-0.1, -0.05) is 18.2 Å². The molecule has 0 fully saturated rings. The fourth-order valence-electron chi connectivity index (χ4n) is 2.01. The Balaban J connectivity index is 2.60. The molecule has 1 aromatic carbocycles. The summed E-state index contributed by atoms with van der Waals surface area (Å²) in [5, 5.41) is 4.39. The highest BCUT2D eigenvalue weighted by molar-refractivity contribution is 5.92. The second-order valence-electron chi connectivity index (χ2n) is 4.17. The number of nitrogens with two attached hydrogens (primary N) is 1.